The minimum Gasteiger partial charge on any atom is -0.496 e. The molecule has 0 saturated heterocycles. The summed E-state index contributed by atoms with van der Waals surface area (Å²) in [4.78, 5) is 43.7. The Bertz CT molecular complexity index is 1810. The number of aromatic nitrogens is 1. The number of carbonyl (C=O) groups is 2. The molecule has 0 spiro atoms. The Morgan fingerprint density at radius 2 is 1.82 bits per heavy atom. The molecular weight excluding hydrogens is 516 g/mol. The second-order valence-corrected chi connectivity index (χ2v) is 9.88. The molecule has 0 amide bonds. The van der Waals surface area contributed by atoms with Gasteiger partial charge in [-0.25, -0.2) is 9.79 Å². The lowest BCUT2D eigenvalue weighted by Crippen LogP contribution is -2.40. The molecule has 1 atom stereocenters. The number of thiazole rings is 1. The van der Waals surface area contributed by atoms with Crippen molar-refractivity contribution >= 4 is 40.1 Å². The molecule has 0 bridgehead atoms. The Kier molecular flexibility index (Phi) is 7.17. The van der Waals surface area contributed by atoms with Gasteiger partial charge in [0.05, 0.1) is 29.5 Å². The van der Waals surface area contributed by atoms with Crippen LogP contribution in [0.25, 0.3) is 16.8 Å². The second kappa shape index (κ2) is 10.7. The van der Waals surface area contributed by atoms with Crippen LogP contribution in [0, 0.1) is 0 Å². The monoisotopic (exact) mass is 542 g/mol. The number of methoxy groups -OCH3 is 1. The molecule has 2 heterocycles. The van der Waals surface area contributed by atoms with Gasteiger partial charge in [-0.1, -0.05) is 53.8 Å². The van der Waals surface area contributed by atoms with Gasteiger partial charge in [-0.3, -0.25) is 14.2 Å². The van der Waals surface area contributed by atoms with Crippen LogP contribution in [-0.4, -0.2) is 30.2 Å². The van der Waals surface area contributed by atoms with Gasteiger partial charge in [-0.2, -0.15) is 0 Å². The van der Waals surface area contributed by atoms with E-state index < -0.39 is 18.0 Å². The number of allylic oxidation sites excluding steroid dienone is 1. The Morgan fingerprint density at radius 1 is 1.08 bits per heavy atom. The first kappa shape index (κ1) is 26.1. The van der Waals surface area contributed by atoms with E-state index in [0.717, 1.165) is 16.3 Å². The van der Waals surface area contributed by atoms with Crippen molar-refractivity contribution in [2.45, 2.75) is 26.8 Å². The molecule has 0 N–H and O–H groups in total. The topological polar surface area (TPSA) is 96.2 Å². The van der Waals surface area contributed by atoms with E-state index in [2.05, 4.69) is 4.99 Å². The van der Waals surface area contributed by atoms with Crippen LogP contribution in [0.2, 0.25) is 0 Å². The summed E-state index contributed by atoms with van der Waals surface area (Å²) in [5.74, 6) is 0.0199. The van der Waals surface area contributed by atoms with E-state index in [1.54, 1.807) is 55.9 Å². The SMILES string of the molecule is CCOC(=O)C1=C(C)N=c2s/c(=C\c3ccc(OC(C)=O)cc3)c(=O)n2[C@H]1c1c(OC)ccc2ccccc12. The molecule has 39 heavy (non-hydrogen) atoms. The summed E-state index contributed by atoms with van der Waals surface area (Å²) in [6.07, 6.45) is 1.75. The van der Waals surface area contributed by atoms with Crippen LogP contribution >= 0.6 is 11.3 Å². The lowest BCUT2D eigenvalue weighted by molar-refractivity contribution is -0.139. The maximum Gasteiger partial charge on any atom is 0.338 e. The number of fused-ring (bicyclic) bond motifs is 2. The fourth-order valence-electron chi connectivity index (χ4n) is 4.75. The van der Waals surface area contributed by atoms with Gasteiger partial charge in [-0.15, -0.1) is 0 Å². The van der Waals surface area contributed by atoms with Gasteiger partial charge in [0, 0.05) is 12.5 Å². The molecule has 8 nitrogen and oxygen atoms in total. The number of esters is 2. The van der Waals surface area contributed by atoms with Crippen molar-refractivity contribution < 1.29 is 23.8 Å². The van der Waals surface area contributed by atoms with E-state index in [9.17, 15) is 14.4 Å². The van der Waals surface area contributed by atoms with Crippen molar-refractivity contribution in [3.63, 3.8) is 0 Å². The minimum atomic E-state index is -0.810. The largest absolute Gasteiger partial charge is 0.496 e. The summed E-state index contributed by atoms with van der Waals surface area (Å²) in [7, 11) is 1.57. The molecule has 5 rings (SSSR count). The molecule has 4 aromatic rings. The highest BCUT2D eigenvalue weighted by molar-refractivity contribution is 7.07. The van der Waals surface area contributed by atoms with Crippen molar-refractivity contribution in [1.29, 1.82) is 0 Å². The number of rotatable bonds is 6. The highest BCUT2D eigenvalue weighted by atomic mass is 32.1. The Morgan fingerprint density at radius 3 is 2.51 bits per heavy atom. The Hall–Kier alpha value is -4.50. The van der Waals surface area contributed by atoms with E-state index in [0.29, 0.717) is 32.1 Å². The lowest BCUT2D eigenvalue weighted by atomic mass is 9.90. The fraction of sp³-hybridized carbons (Fsp3) is 0.200. The smallest absolute Gasteiger partial charge is 0.338 e. The first-order chi connectivity index (χ1) is 18.8. The third-order valence-corrected chi connectivity index (χ3v) is 7.36. The van der Waals surface area contributed by atoms with Crippen molar-refractivity contribution in [3.05, 3.63) is 103 Å². The van der Waals surface area contributed by atoms with Crippen LogP contribution in [0.1, 0.15) is 37.9 Å². The van der Waals surface area contributed by atoms with Gasteiger partial charge < -0.3 is 14.2 Å². The average Bonchev–Trinajstić information content (AvgIpc) is 3.22. The summed E-state index contributed by atoms with van der Waals surface area (Å²) < 4.78 is 18.3. The predicted octanol–water partition coefficient (Wildman–Crippen LogP) is 3.89. The molecule has 3 aromatic carbocycles. The van der Waals surface area contributed by atoms with E-state index in [1.807, 2.05) is 36.4 Å². The molecule has 198 valence electrons. The lowest BCUT2D eigenvalue weighted by Gasteiger charge is -2.27. The van der Waals surface area contributed by atoms with E-state index in [-0.39, 0.29) is 17.7 Å². The zero-order chi connectivity index (χ0) is 27.7. The summed E-state index contributed by atoms with van der Waals surface area (Å²) in [5.41, 5.74) is 1.91. The molecule has 0 fully saturated rings. The number of hydrogen-bond donors (Lipinski definition) is 0. The molecule has 1 aliphatic rings. The van der Waals surface area contributed by atoms with Crippen LogP contribution in [0.3, 0.4) is 0 Å². The van der Waals surface area contributed by atoms with Crippen molar-refractivity contribution in [2.75, 3.05) is 13.7 Å². The van der Waals surface area contributed by atoms with Gasteiger partial charge in [0.2, 0.25) is 0 Å². The first-order valence-corrected chi connectivity index (χ1v) is 13.2. The first-order valence-electron chi connectivity index (χ1n) is 12.4. The maximum absolute atomic E-state index is 14.0. The molecule has 0 aliphatic carbocycles. The summed E-state index contributed by atoms with van der Waals surface area (Å²) in [6, 6.07) is 17.6. The standard InChI is InChI=1S/C30H26N2O6S/c1-5-37-29(35)25-17(2)31-30-32(27(25)26-22-9-7-6-8-20(22)12-15-23(26)36-4)28(34)24(39-30)16-19-10-13-21(14-11-19)38-18(3)33/h6-16,27H,5H2,1-4H3/b24-16-/t27-/m1/s1. The zero-order valence-electron chi connectivity index (χ0n) is 21.9. The van der Waals surface area contributed by atoms with Crippen molar-refractivity contribution in [1.82, 2.24) is 4.57 Å². The number of nitrogens with zero attached hydrogens (tertiary/aromatic N) is 2. The minimum absolute atomic E-state index is 0.183. The number of benzene rings is 3. The summed E-state index contributed by atoms with van der Waals surface area (Å²) >= 11 is 1.24. The molecular formula is C30H26N2O6S. The third-order valence-electron chi connectivity index (χ3n) is 6.38. The molecule has 9 heteroatoms. The quantitative estimate of drug-likeness (QED) is 0.271. The Labute approximate surface area is 228 Å². The van der Waals surface area contributed by atoms with Gasteiger partial charge in [0.1, 0.15) is 17.5 Å². The molecule has 0 unspecified atom stereocenters. The van der Waals surface area contributed by atoms with Gasteiger partial charge in [0.25, 0.3) is 5.56 Å². The summed E-state index contributed by atoms with van der Waals surface area (Å²) in [6.45, 7) is 5.01. The van der Waals surface area contributed by atoms with Crippen LogP contribution in [0.5, 0.6) is 11.5 Å². The maximum atomic E-state index is 14.0. The second-order valence-electron chi connectivity index (χ2n) is 8.87. The fourth-order valence-corrected chi connectivity index (χ4v) is 5.80. The van der Waals surface area contributed by atoms with Crippen molar-refractivity contribution in [3.8, 4) is 11.5 Å². The van der Waals surface area contributed by atoms with Crippen LogP contribution in [0.4, 0.5) is 0 Å². The van der Waals surface area contributed by atoms with Gasteiger partial charge in [-0.05, 0) is 54.5 Å². The average molecular weight is 543 g/mol. The molecule has 1 aromatic heterocycles. The van der Waals surface area contributed by atoms with E-state index in [4.69, 9.17) is 14.2 Å². The normalized spacial score (nSPS) is 15.1. The van der Waals surface area contributed by atoms with Crippen LogP contribution < -0.4 is 24.4 Å². The highest BCUT2D eigenvalue weighted by Gasteiger charge is 2.36. The van der Waals surface area contributed by atoms with Crippen molar-refractivity contribution in [2.24, 2.45) is 4.99 Å². The number of carbonyl (C=O) groups excluding carboxylic acids is 2. The van der Waals surface area contributed by atoms with E-state index >= 15 is 0 Å². The van der Waals surface area contributed by atoms with Crippen LogP contribution in [0.15, 0.2) is 81.7 Å². The summed E-state index contributed by atoms with van der Waals surface area (Å²) in [5, 5.41) is 1.80. The highest BCUT2D eigenvalue weighted by Crippen LogP contribution is 2.40. The van der Waals surface area contributed by atoms with Gasteiger partial charge in [0.15, 0.2) is 4.80 Å². The number of ether oxygens (including phenoxy) is 3. The molecule has 0 saturated carbocycles. The van der Waals surface area contributed by atoms with Crippen LogP contribution in [-0.2, 0) is 14.3 Å². The third kappa shape index (κ3) is 4.88. The number of hydrogen-bond acceptors (Lipinski definition) is 8. The van der Waals surface area contributed by atoms with E-state index in [1.165, 1.54) is 18.3 Å². The van der Waals surface area contributed by atoms with Gasteiger partial charge >= 0.3 is 11.9 Å². The molecule has 1 aliphatic heterocycles. The zero-order valence-corrected chi connectivity index (χ0v) is 22.7. The molecule has 0 radical (unpaired) electrons. The Balaban J connectivity index is 1.76. The predicted molar refractivity (Wildman–Crippen MR) is 149 cm³/mol.